The summed E-state index contributed by atoms with van der Waals surface area (Å²) in [4.78, 5) is 0. The number of nitriles is 1. The fraction of sp³-hybridized carbons (Fsp3) is 0.100. The molecule has 2 nitrogen and oxygen atoms in total. The molecule has 14 heavy (non-hydrogen) atoms. The summed E-state index contributed by atoms with van der Waals surface area (Å²) in [5.74, 6) is -0.248. The maximum Gasteiger partial charge on any atom is 0.128 e. The molecule has 0 spiro atoms. The zero-order chi connectivity index (χ0) is 10.6. The lowest BCUT2D eigenvalue weighted by Crippen LogP contribution is -1.97. The molecule has 0 heterocycles. The molecular weight excluding hydrogens is 205 g/mol. The van der Waals surface area contributed by atoms with Crippen molar-refractivity contribution in [2.75, 3.05) is 6.61 Å². The molecule has 0 radical (unpaired) electrons. The van der Waals surface area contributed by atoms with E-state index in [0.717, 1.165) is 6.07 Å². The van der Waals surface area contributed by atoms with Crippen LogP contribution in [0.2, 0.25) is 0 Å². The van der Waals surface area contributed by atoms with Gasteiger partial charge in [-0.15, -0.1) is 0 Å². The Balaban J connectivity index is 2.82. The number of nitrogens with zero attached hydrogens (tertiary/aromatic N) is 1. The molecule has 0 amide bonds. The number of rotatable bonds is 3. The first kappa shape index (κ1) is 10.6. The van der Waals surface area contributed by atoms with Gasteiger partial charge in [0.15, 0.2) is 0 Å². The van der Waals surface area contributed by atoms with E-state index in [1.54, 1.807) is 0 Å². The topological polar surface area (TPSA) is 33.0 Å². The van der Waals surface area contributed by atoms with Gasteiger partial charge in [-0.25, -0.2) is 4.39 Å². The zero-order valence-corrected chi connectivity index (χ0v) is 8.01. The van der Waals surface area contributed by atoms with Crippen molar-refractivity contribution in [3.8, 4) is 11.8 Å². The van der Waals surface area contributed by atoms with Crippen molar-refractivity contribution in [1.29, 1.82) is 5.26 Å². The molecule has 1 rings (SSSR count). The van der Waals surface area contributed by atoms with E-state index in [2.05, 4.69) is 6.58 Å². The molecule has 0 saturated heterocycles. The lowest BCUT2D eigenvalue weighted by Gasteiger charge is -2.04. The number of ether oxygens (including phenoxy) is 1. The third kappa shape index (κ3) is 3.08. The van der Waals surface area contributed by atoms with Crippen LogP contribution in [0.15, 0.2) is 29.8 Å². The Bertz CT molecular complexity index is 398. The second-order valence-corrected chi connectivity index (χ2v) is 3.13. The van der Waals surface area contributed by atoms with E-state index >= 15 is 0 Å². The molecule has 0 aliphatic heterocycles. The quantitative estimate of drug-likeness (QED) is 0.770. The van der Waals surface area contributed by atoms with Gasteiger partial charge < -0.3 is 4.74 Å². The average Bonchev–Trinajstić information content (AvgIpc) is 2.14. The Hall–Kier alpha value is -1.53. The maximum atomic E-state index is 12.9. The molecule has 0 bridgehead atoms. The van der Waals surface area contributed by atoms with Crippen LogP contribution in [0, 0.1) is 17.1 Å². The molecule has 0 fully saturated rings. The molecule has 0 aliphatic carbocycles. The van der Waals surface area contributed by atoms with Gasteiger partial charge in [-0.2, -0.15) is 5.26 Å². The average molecular weight is 212 g/mol. The van der Waals surface area contributed by atoms with E-state index < -0.39 is 5.82 Å². The Labute approximate surface area is 86.2 Å². The van der Waals surface area contributed by atoms with Gasteiger partial charge in [0, 0.05) is 11.1 Å². The minimum absolute atomic E-state index is 0.0931. The zero-order valence-electron chi connectivity index (χ0n) is 7.26. The van der Waals surface area contributed by atoms with Gasteiger partial charge in [0.1, 0.15) is 18.2 Å². The first-order valence-corrected chi connectivity index (χ1v) is 4.16. The second kappa shape index (κ2) is 4.64. The number of hydrogen-bond acceptors (Lipinski definition) is 2. The molecular formula is C10H7ClFNO. The minimum Gasteiger partial charge on any atom is -0.488 e. The first-order chi connectivity index (χ1) is 6.61. The van der Waals surface area contributed by atoms with E-state index in [0.29, 0.717) is 5.03 Å². The largest absolute Gasteiger partial charge is 0.488 e. The third-order valence-corrected chi connectivity index (χ3v) is 1.50. The van der Waals surface area contributed by atoms with Gasteiger partial charge in [-0.05, 0) is 12.1 Å². The molecule has 0 saturated carbocycles. The molecule has 1 aromatic carbocycles. The van der Waals surface area contributed by atoms with Gasteiger partial charge in [0.2, 0.25) is 0 Å². The molecule has 0 unspecified atom stereocenters. The van der Waals surface area contributed by atoms with Crippen LogP contribution in [0.1, 0.15) is 5.56 Å². The highest BCUT2D eigenvalue weighted by molar-refractivity contribution is 6.29. The van der Waals surface area contributed by atoms with Crippen molar-refractivity contribution in [3.05, 3.63) is 41.2 Å². The van der Waals surface area contributed by atoms with E-state index in [-0.39, 0.29) is 17.9 Å². The van der Waals surface area contributed by atoms with Crippen molar-refractivity contribution >= 4 is 11.6 Å². The van der Waals surface area contributed by atoms with Crippen LogP contribution in [-0.2, 0) is 0 Å². The van der Waals surface area contributed by atoms with Crippen LogP contribution in [0.4, 0.5) is 4.39 Å². The molecule has 0 aliphatic rings. The van der Waals surface area contributed by atoms with E-state index in [1.807, 2.05) is 6.07 Å². The van der Waals surface area contributed by atoms with Crippen molar-refractivity contribution in [1.82, 2.24) is 0 Å². The normalized spacial score (nSPS) is 9.21. The lowest BCUT2D eigenvalue weighted by atomic mass is 10.2. The van der Waals surface area contributed by atoms with E-state index in [1.165, 1.54) is 12.1 Å². The second-order valence-electron chi connectivity index (χ2n) is 2.59. The summed E-state index contributed by atoms with van der Waals surface area (Å²) < 4.78 is 17.9. The predicted octanol–water partition coefficient (Wildman–Crippen LogP) is 2.83. The standard InChI is InChI=1S/C10H7ClFNO/c1-7(11)6-14-10-3-8(5-13)2-9(12)4-10/h2-4H,1,6H2. The van der Waals surface area contributed by atoms with Crippen LogP contribution < -0.4 is 4.74 Å². The highest BCUT2D eigenvalue weighted by atomic mass is 35.5. The van der Waals surface area contributed by atoms with Crippen LogP contribution in [0.3, 0.4) is 0 Å². The van der Waals surface area contributed by atoms with Gasteiger partial charge in [0.05, 0.1) is 11.6 Å². The summed E-state index contributed by atoms with van der Waals surface area (Å²) in [7, 11) is 0. The molecule has 1 aromatic rings. The number of hydrogen-bond donors (Lipinski definition) is 0. The third-order valence-electron chi connectivity index (χ3n) is 1.40. The maximum absolute atomic E-state index is 12.9. The molecule has 72 valence electrons. The first-order valence-electron chi connectivity index (χ1n) is 3.78. The summed E-state index contributed by atoms with van der Waals surface area (Å²) in [5, 5.41) is 8.86. The summed E-state index contributed by atoms with van der Waals surface area (Å²) in [6.07, 6.45) is 0. The SMILES string of the molecule is C=C(Cl)COc1cc(F)cc(C#N)c1. The van der Waals surface area contributed by atoms with Crippen LogP contribution in [0.25, 0.3) is 0 Å². The Morgan fingerprint density at radius 1 is 1.57 bits per heavy atom. The Kier molecular flexibility index (Phi) is 3.49. The van der Waals surface area contributed by atoms with Crippen molar-refractivity contribution in [2.24, 2.45) is 0 Å². The van der Waals surface area contributed by atoms with Gasteiger partial charge in [0.25, 0.3) is 0 Å². The summed E-state index contributed by atoms with van der Waals surface area (Å²) in [5.41, 5.74) is 0.209. The molecule has 0 atom stereocenters. The van der Waals surface area contributed by atoms with Crippen molar-refractivity contribution in [3.63, 3.8) is 0 Å². The van der Waals surface area contributed by atoms with Gasteiger partial charge in [-0.1, -0.05) is 18.2 Å². The van der Waals surface area contributed by atoms with Gasteiger partial charge >= 0.3 is 0 Å². The number of halogens is 2. The Morgan fingerprint density at radius 3 is 2.86 bits per heavy atom. The summed E-state index contributed by atoms with van der Waals surface area (Å²) >= 11 is 5.46. The van der Waals surface area contributed by atoms with Crippen molar-refractivity contribution in [2.45, 2.75) is 0 Å². The summed E-state index contributed by atoms with van der Waals surface area (Å²) in [6, 6.07) is 5.56. The lowest BCUT2D eigenvalue weighted by molar-refractivity contribution is 0.357. The van der Waals surface area contributed by atoms with Crippen LogP contribution >= 0.6 is 11.6 Å². The predicted molar refractivity (Wildman–Crippen MR) is 51.6 cm³/mol. The highest BCUT2D eigenvalue weighted by Crippen LogP contribution is 2.16. The van der Waals surface area contributed by atoms with Gasteiger partial charge in [-0.3, -0.25) is 0 Å². The van der Waals surface area contributed by atoms with E-state index in [9.17, 15) is 4.39 Å². The summed E-state index contributed by atoms with van der Waals surface area (Å²) in [6.45, 7) is 3.51. The fourth-order valence-corrected chi connectivity index (χ4v) is 0.927. The highest BCUT2D eigenvalue weighted by Gasteiger charge is 2.01. The smallest absolute Gasteiger partial charge is 0.128 e. The van der Waals surface area contributed by atoms with E-state index in [4.69, 9.17) is 21.6 Å². The van der Waals surface area contributed by atoms with Crippen molar-refractivity contribution < 1.29 is 9.13 Å². The fourth-order valence-electron chi connectivity index (χ4n) is 0.872. The Morgan fingerprint density at radius 2 is 2.29 bits per heavy atom. The molecule has 0 aromatic heterocycles. The molecule has 0 N–H and O–H groups in total. The monoisotopic (exact) mass is 211 g/mol. The van der Waals surface area contributed by atoms with Crippen LogP contribution in [-0.4, -0.2) is 6.61 Å². The number of benzene rings is 1. The van der Waals surface area contributed by atoms with Crippen LogP contribution in [0.5, 0.6) is 5.75 Å². The minimum atomic E-state index is -0.515. The molecule has 4 heteroatoms.